The van der Waals surface area contributed by atoms with Crippen LogP contribution in [0, 0.1) is 0 Å². The molecule has 0 N–H and O–H groups in total. The number of fused-ring (bicyclic) bond motifs is 16. The SMILES string of the molecule is CC(C)(C)c1ccc(-c2ccc3c4cc5c(cc4n(-c4ccc(-c6cccc7c6sc6ccccc67)cc4)c3c2)C2(c3ccccc3-c3ccccc32)c2ccccc2-5)cc1. The lowest BCUT2D eigenvalue weighted by molar-refractivity contribution is 0.590. The number of benzene rings is 9. The molecule has 0 fully saturated rings. The Kier molecular flexibility index (Phi) is 7.15. The summed E-state index contributed by atoms with van der Waals surface area (Å²) < 4.78 is 5.20. The molecule has 2 heterocycles. The van der Waals surface area contributed by atoms with Crippen LogP contribution in [-0.4, -0.2) is 4.57 Å². The summed E-state index contributed by atoms with van der Waals surface area (Å²) in [5, 5.41) is 5.19. The number of aromatic nitrogens is 1. The summed E-state index contributed by atoms with van der Waals surface area (Å²) in [5.74, 6) is 0. The fourth-order valence-corrected chi connectivity index (χ4v) is 12.2. The van der Waals surface area contributed by atoms with Crippen LogP contribution in [0.3, 0.4) is 0 Å². The summed E-state index contributed by atoms with van der Waals surface area (Å²) in [6.07, 6.45) is 0. The molecule has 1 spiro atoms. The highest BCUT2D eigenvalue weighted by molar-refractivity contribution is 7.26. The third-order valence-corrected chi connectivity index (χ3v) is 15.0. The van der Waals surface area contributed by atoms with E-state index in [-0.39, 0.29) is 5.41 Å². The minimum atomic E-state index is -0.415. The van der Waals surface area contributed by atoms with Crippen molar-refractivity contribution < 1.29 is 0 Å². The van der Waals surface area contributed by atoms with Crippen LogP contribution in [0.25, 0.3) is 92.2 Å². The van der Waals surface area contributed by atoms with E-state index in [2.05, 4.69) is 219 Å². The van der Waals surface area contributed by atoms with Crippen LogP contribution < -0.4 is 0 Å². The van der Waals surface area contributed by atoms with E-state index in [0.29, 0.717) is 0 Å². The molecule has 0 saturated carbocycles. The van der Waals surface area contributed by atoms with Gasteiger partial charge in [-0.15, -0.1) is 11.3 Å². The van der Waals surface area contributed by atoms with Crippen LogP contribution in [0.4, 0.5) is 0 Å². The first-order valence-corrected chi connectivity index (χ1v) is 22.2. The Morgan fingerprint density at radius 3 is 1.64 bits per heavy atom. The van der Waals surface area contributed by atoms with Crippen molar-refractivity contribution in [1.82, 2.24) is 4.57 Å². The molecule has 2 aromatic heterocycles. The third kappa shape index (κ3) is 4.77. The molecule has 2 aliphatic rings. The molecule has 9 aromatic carbocycles. The molecule has 0 unspecified atom stereocenters. The molecular weight excluding hydrogens is 755 g/mol. The van der Waals surface area contributed by atoms with Crippen LogP contribution in [0.5, 0.6) is 0 Å². The van der Waals surface area contributed by atoms with E-state index in [1.165, 1.54) is 114 Å². The summed E-state index contributed by atoms with van der Waals surface area (Å²) in [7, 11) is 0. The minimum Gasteiger partial charge on any atom is -0.309 e. The van der Waals surface area contributed by atoms with Gasteiger partial charge in [0.15, 0.2) is 0 Å². The second-order valence-electron chi connectivity index (χ2n) is 18.0. The molecule has 1 nitrogen and oxygen atoms in total. The van der Waals surface area contributed by atoms with Crippen LogP contribution in [-0.2, 0) is 10.8 Å². The maximum atomic E-state index is 2.55. The highest BCUT2D eigenvalue weighted by Crippen LogP contribution is 2.63. The fourth-order valence-electron chi connectivity index (χ4n) is 11.0. The zero-order valence-corrected chi connectivity index (χ0v) is 35.1. The number of rotatable bonds is 3. The van der Waals surface area contributed by atoms with E-state index >= 15 is 0 Å². The van der Waals surface area contributed by atoms with Crippen molar-refractivity contribution in [2.45, 2.75) is 31.6 Å². The first-order valence-electron chi connectivity index (χ1n) is 21.4. The van der Waals surface area contributed by atoms with Gasteiger partial charge in [0.25, 0.3) is 0 Å². The third-order valence-electron chi connectivity index (χ3n) is 13.8. The first kappa shape index (κ1) is 34.8. The van der Waals surface area contributed by atoms with Crippen molar-refractivity contribution in [2.24, 2.45) is 0 Å². The van der Waals surface area contributed by atoms with Crippen LogP contribution in [0.1, 0.15) is 48.6 Å². The lowest BCUT2D eigenvalue weighted by Crippen LogP contribution is -2.25. The van der Waals surface area contributed by atoms with Gasteiger partial charge < -0.3 is 4.57 Å². The van der Waals surface area contributed by atoms with Gasteiger partial charge in [-0.25, -0.2) is 0 Å². The standard InChI is InChI=1S/C59H41NS/c1-58(2,3)39-28-23-36(24-29-39)38-27-32-45-49-34-48-44-15-6-10-21-52(44)59(50-19-8-4-13-42(50)43-14-5-9-20-51(43)59)53(48)35-55(49)60(54(45)33-38)40-30-25-37(26-31-40)41-17-12-18-47-46-16-7-11-22-56(46)61-57(41)47/h4-35H,1-3H3. The van der Waals surface area contributed by atoms with Gasteiger partial charge in [0.1, 0.15) is 0 Å². The molecule has 11 aromatic rings. The van der Waals surface area contributed by atoms with E-state index in [9.17, 15) is 0 Å². The zero-order valence-electron chi connectivity index (χ0n) is 34.3. The molecule has 0 radical (unpaired) electrons. The van der Waals surface area contributed by atoms with E-state index in [0.717, 1.165) is 5.69 Å². The molecule has 13 rings (SSSR count). The van der Waals surface area contributed by atoms with Gasteiger partial charge in [-0.3, -0.25) is 0 Å². The van der Waals surface area contributed by atoms with Gasteiger partial charge in [-0.1, -0.05) is 178 Å². The summed E-state index contributed by atoms with van der Waals surface area (Å²) in [4.78, 5) is 0. The second-order valence-corrected chi connectivity index (χ2v) is 19.1. The molecule has 0 amide bonds. The topological polar surface area (TPSA) is 4.93 Å². The minimum absolute atomic E-state index is 0.0975. The van der Waals surface area contributed by atoms with Crippen LogP contribution in [0.15, 0.2) is 194 Å². The Hall–Kier alpha value is -7.00. The van der Waals surface area contributed by atoms with Gasteiger partial charge in [0, 0.05) is 36.6 Å². The Labute approximate surface area is 359 Å². The highest BCUT2D eigenvalue weighted by Gasteiger charge is 2.51. The van der Waals surface area contributed by atoms with Crippen molar-refractivity contribution in [3.63, 3.8) is 0 Å². The predicted octanol–water partition coefficient (Wildman–Crippen LogP) is 16.1. The Balaban J connectivity index is 1.07. The number of nitrogens with zero attached hydrogens (tertiary/aromatic N) is 1. The van der Waals surface area contributed by atoms with E-state index in [1.807, 2.05) is 11.3 Å². The van der Waals surface area contributed by atoms with Crippen LogP contribution in [0.2, 0.25) is 0 Å². The molecule has 61 heavy (non-hydrogen) atoms. The fraction of sp³-hybridized carbons (Fsp3) is 0.0847. The summed E-state index contributed by atoms with van der Waals surface area (Å²) in [6, 6.07) is 73.5. The lowest BCUT2D eigenvalue weighted by atomic mass is 9.70. The second kappa shape index (κ2) is 12.5. The number of hydrogen-bond donors (Lipinski definition) is 0. The number of hydrogen-bond acceptors (Lipinski definition) is 1. The molecule has 0 atom stereocenters. The maximum absolute atomic E-state index is 2.55. The molecule has 0 aliphatic heterocycles. The van der Waals surface area contributed by atoms with Crippen LogP contribution >= 0.6 is 11.3 Å². The Bertz CT molecular complexity index is 3560. The van der Waals surface area contributed by atoms with E-state index < -0.39 is 5.41 Å². The smallest absolute Gasteiger partial charge is 0.0726 e. The Morgan fingerprint density at radius 2 is 0.951 bits per heavy atom. The number of thiophene rings is 1. The van der Waals surface area contributed by atoms with Crippen molar-refractivity contribution in [3.8, 4) is 50.2 Å². The van der Waals surface area contributed by atoms with Gasteiger partial charge in [-0.05, 0) is 114 Å². The van der Waals surface area contributed by atoms with Crippen molar-refractivity contribution >= 4 is 53.3 Å². The highest BCUT2D eigenvalue weighted by atomic mass is 32.1. The quantitative estimate of drug-likeness (QED) is 0.168. The average molecular weight is 796 g/mol. The van der Waals surface area contributed by atoms with Crippen molar-refractivity contribution in [2.75, 3.05) is 0 Å². The summed E-state index contributed by atoms with van der Waals surface area (Å²) in [5.41, 5.74) is 20.3. The summed E-state index contributed by atoms with van der Waals surface area (Å²) in [6.45, 7) is 6.84. The van der Waals surface area contributed by atoms with Gasteiger partial charge in [-0.2, -0.15) is 0 Å². The maximum Gasteiger partial charge on any atom is 0.0726 e. The van der Waals surface area contributed by atoms with Gasteiger partial charge >= 0.3 is 0 Å². The van der Waals surface area contributed by atoms with E-state index in [4.69, 9.17) is 0 Å². The molecular formula is C59H41NS. The molecule has 2 aliphatic carbocycles. The van der Waals surface area contributed by atoms with Gasteiger partial charge in [0.2, 0.25) is 0 Å². The normalized spacial score (nSPS) is 13.6. The molecule has 0 bridgehead atoms. The molecule has 288 valence electrons. The largest absolute Gasteiger partial charge is 0.309 e. The lowest BCUT2D eigenvalue weighted by Gasteiger charge is -2.30. The molecule has 0 saturated heterocycles. The Morgan fingerprint density at radius 1 is 0.393 bits per heavy atom. The zero-order chi connectivity index (χ0) is 40.6. The van der Waals surface area contributed by atoms with Crippen molar-refractivity contribution in [3.05, 3.63) is 222 Å². The van der Waals surface area contributed by atoms with E-state index in [1.54, 1.807) is 0 Å². The molecule has 2 heteroatoms. The predicted molar refractivity (Wildman–Crippen MR) is 260 cm³/mol. The first-order chi connectivity index (χ1) is 29.9. The summed E-state index contributed by atoms with van der Waals surface area (Å²) >= 11 is 1.89. The van der Waals surface area contributed by atoms with Gasteiger partial charge in [0.05, 0.1) is 16.4 Å². The van der Waals surface area contributed by atoms with Crippen molar-refractivity contribution in [1.29, 1.82) is 0 Å². The average Bonchev–Trinajstić information content (AvgIpc) is 4.01. The monoisotopic (exact) mass is 795 g/mol.